The second kappa shape index (κ2) is 10.8. The van der Waals surface area contributed by atoms with Crippen molar-refractivity contribution in [3.8, 4) is 11.3 Å². The average Bonchev–Trinajstić information content (AvgIpc) is 3.64. The lowest BCUT2D eigenvalue weighted by molar-refractivity contribution is 0.0976. The number of imidazole rings is 1. The number of nitrogens with one attached hydrogen (secondary N) is 1. The largest absolute Gasteiger partial charge is 0.310 e. The van der Waals surface area contributed by atoms with Crippen molar-refractivity contribution in [2.24, 2.45) is 0 Å². The van der Waals surface area contributed by atoms with Gasteiger partial charge < -0.3 is 10.2 Å². The van der Waals surface area contributed by atoms with E-state index in [2.05, 4.69) is 14.6 Å². The molecule has 0 spiro atoms. The highest BCUT2D eigenvalue weighted by molar-refractivity contribution is 7.23. The molecule has 2 saturated heterocycles. The highest BCUT2D eigenvalue weighted by atomic mass is 32.1. The van der Waals surface area contributed by atoms with Gasteiger partial charge >= 0.3 is 0 Å². The lowest BCUT2D eigenvalue weighted by Crippen LogP contribution is -2.35. The third-order valence-electron chi connectivity index (χ3n) is 8.16. The summed E-state index contributed by atoms with van der Waals surface area (Å²) in [5.74, 6) is -0.0918. The first kappa shape index (κ1) is 25.6. The Morgan fingerprint density at radius 3 is 2.74 bits per heavy atom. The van der Waals surface area contributed by atoms with Gasteiger partial charge in [0.1, 0.15) is 12.0 Å². The van der Waals surface area contributed by atoms with Gasteiger partial charge in [-0.2, -0.15) is 0 Å². The minimum Gasteiger partial charge on any atom is -0.310 e. The molecule has 6 rings (SSSR count). The molecule has 5 nitrogen and oxygen atoms in total. The van der Waals surface area contributed by atoms with Crippen LogP contribution in [0.1, 0.15) is 72.6 Å². The second-order valence-electron chi connectivity index (χ2n) is 10.7. The molecular weight excluding hydrogens is 502 g/mol. The van der Waals surface area contributed by atoms with Crippen molar-refractivity contribution < 1.29 is 13.6 Å². The Morgan fingerprint density at radius 2 is 1.97 bits per heavy atom. The van der Waals surface area contributed by atoms with Crippen LogP contribution in [-0.2, 0) is 0 Å². The highest BCUT2D eigenvalue weighted by Gasteiger charge is 2.22. The Balaban J connectivity index is 1.15. The second-order valence-corrected chi connectivity index (χ2v) is 11.7. The SMILES string of the molecule is Cc1c(-c2ccc([C@@H]3CCCN3)cc2F)nc2sc3cc(C(=O)CCCCN4CCC(F)CC4)ccc3n12. The standard InChI is InChI=1S/C30H34F2N4OS/c1-19-29(23-9-7-20(17-24(23)32)25-5-4-13-33-25)34-30-36(19)26-10-8-21(18-28(26)38-30)27(37)6-2-3-14-35-15-11-22(31)12-16-35/h7-10,17-18,22,25,33H,2-6,11-16H2,1H3/t25-/m0/s1. The summed E-state index contributed by atoms with van der Waals surface area (Å²) in [6.07, 6.45) is 5.07. The summed E-state index contributed by atoms with van der Waals surface area (Å²) in [7, 11) is 0. The van der Waals surface area contributed by atoms with Crippen molar-refractivity contribution >= 4 is 32.3 Å². The molecular formula is C30H34F2N4OS. The van der Waals surface area contributed by atoms with Gasteiger partial charge in [0.05, 0.1) is 15.9 Å². The molecule has 0 radical (unpaired) electrons. The van der Waals surface area contributed by atoms with E-state index >= 15 is 4.39 Å². The van der Waals surface area contributed by atoms with Crippen LogP contribution in [-0.4, -0.2) is 52.4 Å². The lowest BCUT2D eigenvalue weighted by atomic mass is 10.0. The molecule has 2 fully saturated rings. The minimum absolute atomic E-state index is 0.150. The summed E-state index contributed by atoms with van der Waals surface area (Å²) >= 11 is 1.53. The van der Waals surface area contributed by atoms with Crippen LogP contribution >= 0.6 is 11.3 Å². The number of halogens is 2. The van der Waals surface area contributed by atoms with E-state index in [4.69, 9.17) is 4.98 Å². The molecule has 38 heavy (non-hydrogen) atoms. The summed E-state index contributed by atoms with van der Waals surface area (Å²) in [5.41, 5.74) is 4.78. The van der Waals surface area contributed by atoms with Gasteiger partial charge in [-0.15, -0.1) is 0 Å². The number of alkyl halides is 1. The van der Waals surface area contributed by atoms with Crippen LogP contribution in [0.15, 0.2) is 36.4 Å². The van der Waals surface area contributed by atoms with E-state index in [9.17, 15) is 9.18 Å². The Morgan fingerprint density at radius 1 is 1.13 bits per heavy atom. The van der Waals surface area contributed by atoms with Crippen LogP contribution in [0.25, 0.3) is 26.4 Å². The maximum Gasteiger partial charge on any atom is 0.195 e. The zero-order chi connectivity index (χ0) is 26.2. The van der Waals surface area contributed by atoms with Crippen LogP contribution in [0.5, 0.6) is 0 Å². The van der Waals surface area contributed by atoms with Crippen LogP contribution in [0.2, 0.25) is 0 Å². The first-order valence-electron chi connectivity index (χ1n) is 13.8. The number of Topliss-reactive ketones (excluding diaryl/α,β-unsaturated/α-hetero) is 1. The van der Waals surface area contributed by atoms with Gasteiger partial charge in [-0.1, -0.05) is 17.4 Å². The number of unbranched alkanes of at least 4 members (excludes halogenated alkanes) is 1. The van der Waals surface area contributed by atoms with Gasteiger partial charge in [0, 0.05) is 42.4 Å². The lowest BCUT2D eigenvalue weighted by Gasteiger charge is -2.28. The number of hydrogen-bond donors (Lipinski definition) is 1. The van der Waals surface area contributed by atoms with Crippen molar-refractivity contribution in [2.45, 2.75) is 64.1 Å². The fraction of sp³-hybridized carbons (Fsp3) is 0.467. The molecule has 2 aliphatic heterocycles. The predicted molar refractivity (Wildman–Crippen MR) is 149 cm³/mol. The van der Waals surface area contributed by atoms with E-state index in [1.165, 1.54) is 11.3 Å². The zero-order valence-electron chi connectivity index (χ0n) is 21.8. The fourth-order valence-corrected chi connectivity index (χ4v) is 7.05. The Bertz CT molecular complexity index is 1460. The number of hydrogen-bond acceptors (Lipinski definition) is 5. The number of thiazole rings is 1. The van der Waals surface area contributed by atoms with Crippen LogP contribution in [0.3, 0.4) is 0 Å². The minimum atomic E-state index is -0.648. The van der Waals surface area contributed by atoms with Gasteiger partial charge in [-0.25, -0.2) is 13.8 Å². The number of ketones is 1. The van der Waals surface area contributed by atoms with Gasteiger partial charge in [-0.05, 0) is 94.4 Å². The van der Waals surface area contributed by atoms with Gasteiger partial charge in [-0.3, -0.25) is 9.20 Å². The van der Waals surface area contributed by atoms with E-state index in [0.29, 0.717) is 30.5 Å². The molecule has 4 heterocycles. The third-order valence-corrected chi connectivity index (χ3v) is 9.16. The molecule has 2 aromatic carbocycles. The molecule has 2 aliphatic rings. The third kappa shape index (κ3) is 5.01. The Hall–Kier alpha value is -2.68. The molecule has 4 aromatic rings. The molecule has 1 N–H and O–H groups in total. The molecule has 0 bridgehead atoms. The quantitative estimate of drug-likeness (QED) is 0.197. The number of aromatic nitrogens is 2. The Kier molecular flexibility index (Phi) is 7.29. The number of likely N-dealkylation sites (tertiary alicyclic amines) is 1. The summed E-state index contributed by atoms with van der Waals surface area (Å²) < 4.78 is 31.6. The molecule has 0 aliphatic carbocycles. The number of aryl methyl sites for hydroxylation is 1. The number of piperidine rings is 1. The van der Waals surface area contributed by atoms with Crippen LogP contribution in [0.4, 0.5) is 8.78 Å². The highest BCUT2D eigenvalue weighted by Crippen LogP contribution is 2.35. The van der Waals surface area contributed by atoms with Crippen molar-refractivity contribution in [1.29, 1.82) is 0 Å². The maximum atomic E-state index is 15.2. The number of carbonyl (C=O) groups excluding carboxylic acids is 1. The van der Waals surface area contributed by atoms with Crippen molar-refractivity contribution in [3.63, 3.8) is 0 Å². The molecule has 8 heteroatoms. The predicted octanol–water partition coefficient (Wildman–Crippen LogP) is 6.87. The molecule has 1 atom stereocenters. The van der Waals surface area contributed by atoms with Crippen molar-refractivity contribution in [2.75, 3.05) is 26.2 Å². The van der Waals surface area contributed by atoms with Crippen molar-refractivity contribution in [3.05, 3.63) is 59.0 Å². The van der Waals surface area contributed by atoms with E-state index in [1.54, 1.807) is 6.07 Å². The van der Waals surface area contributed by atoms with E-state index in [0.717, 1.165) is 83.9 Å². The number of nitrogens with zero attached hydrogens (tertiary/aromatic N) is 3. The van der Waals surface area contributed by atoms with E-state index < -0.39 is 6.17 Å². The monoisotopic (exact) mass is 536 g/mol. The first-order valence-corrected chi connectivity index (χ1v) is 14.6. The molecule has 2 aromatic heterocycles. The average molecular weight is 537 g/mol. The maximum absolute atomic E-state index is 15.2. The topological polar surface area (TPSA) is 49.6 Å². The van der Waals surface area contributed by atoms with Crippen LogP contribution in [0, 0.1) is 12.7 Å². The number of carbonyl (C=O) groups is 1. The van der Waals surface area contributed by atoms with Gasteiger partial charge in [0.2, 0.25) is 0 Å². The molecule has 0 amide bonds. The smallest absolute Gasteiger partial charge is 0.195 e. The van der Waals surface area contributed by atoms with Crippen LogP contribution < -0.4 is 5.32 Å². The summed E-state index contributed by atoms with van der Waals surface area (Å²) in [6.45, 7) is 5.53. The molecule has 0 saturated carbocycles. The molecule has 200 valence electrons. The van der Waals surface area contributed by atoms with Gasteiger partial charge in [0.15, 0.2) is 10.7 Å². The summed E-state index contributed by atoms with van der Waals surface area (Å²) in [4.78, 5) is 20.8. The van der Waals surface area contributed by atoms with E-state index in [-0.39, 0.29) is 17.6 Å². The summed E-state index contributed by atoms with van der Waals surface area (Å²) in [5, 5.41) is 3.43. The first-order chi connectivity index (χ1) is 18.5. The normalized spacial score (nSPS) is 19.2. The Labute approximate surface area is 225 Å². The van der Waals surface area contributed by atoms with Crippen molar-refractivity contribution in [1.82, 2.24) is 19.6 Å². The molecule has 0 unspecified atom stereocenters. The number of rotatable bonds is 8. The van der Waals surface area contributed by atoms with Gasteiger partial charge in [0.25, 0.3) is 0 Å². The van der Waals surface area contributed by atoms with E-state index in [1.807, 2.05) is 37.3 Å². The number of benzene rings is 2. The fourth-order valence-electron chi connectivity index (χ4n) is 5.94. The summed E-state index contributed by atoms with van der Waals surface area (Å²) in [6, 6.07) is 11.6. The zero-order valence-corrected chi connectivity index (χ0v) is 22.6. The number of fused-ring (bicyclic) bond motifs is 3.